The van der Waals surface area contributed by atoms with E-state index in [1.54, 1.807) is 6.20 Å². The lowest BCUT2D eigenvalue weighted by Crippen LogP contribution is -2.47. The van der Waals surface area contributed by atoms with E-state index in [0.29, 0.717) is 11.4 Å². The van der Waals surface area contributed by atoms with Gasteiger partial charge in [0.1, 0.15) is 0 Å². The van der Waals surface area contributed by atoms with Crippen molar-refractivity contribution in [2.45, 2.75) is 25.8 Å². The van der Waals surface area contributed by atoms with Gasteiger partial charge in [-0.15, -0.1) is 11.6 Å². The molecule has 2 aromatic rings. The van der Waals surface area contributed by atoms with Crippen LogP contribution >= 0.6 is 11.6 Å². The normalized spacial score (nSPS) is 14.1. The third kappa shape index (κ3) is 2.87. The number of nitrogens with one attached hydrogen (secondary N) is 1. The molecule has 4 heteroatoms. The van der Waals surface area contributed by atoms with Crippen LogP contribution in [0.3, 0.4) is 0 Å². The monoisotopic (exact) mass is 276 g/mol. The Hall–Kier alpha value is -1.61. The fourth-order valence-corrected chi connectivity index (χ4v) is 2.11. The Bertz CT molecular complexity index is 588. The summed E-state index contributed by atoms with van der Waals surface area (Å²) in [5.74, 6) is 0.279. The molecule has 1 unspecified atom stereocenters. The van der Waals surface area contributed by atoms with Crippen LogP contribution in [0.4, 0.5) is 0 Å². The molecule has 0 radical (unpaired) electrons. The number of amides is 1. The number of hydrogen-bond donors (Lipinski definition) is 1. The number of fused-ring (bicyclic) bond motifs is 1. The largest absolute Gasteiger partial charge is 0.346 e. The van der Waals surface area contributed by atoms with Crippen molar-refractivity contribution in [3.63, 3.8) is 0 Å². The molecule has 0 spiro atoms. The van der Waals surface area contributed by atoms with Gasteiger partial charge in [0, 0.05) is 23.0 Å². The van der Waals surface area contributed by atoms with Crippen LogP contribution in [0.25, 0.3) is 10.9 Å². The third-order valence-electron chi connectivity index (χ3n) is 3.38. The lowest BCUT2D eigenvalue weighted by molar-refractivity contribution is 0.0914. The summed E-state index contributed by atoms with van der Waals surface area (Å²) in [5, 5.41) is 3.86. The maximum Gasteiger partial charge on any atom is 0.252 e. The third-order valence-corrected chi connectivity index (χ3v) is 3.97. The topological polar surface area (TPSA) is 42.0 Å². The van der Waals surface area contributed by atoms with Crippen LogP contribution in [0.2, 0.25) is 0 Å². The van der Waals surface area contributed by atoms with Crippen LogP contribution in [0.5, 0.6) is 0 Å². The first kappa shape index (κ1) is 13.8. The highest BCUT2D eigenvalue weighted by Crippen LogP contribution is 2.18. The number of carbonyl (C=O) groups excluding carboxylic acids is 1. The number of carbonyl (C=O) groups is 1. The molecule has 0 aliphatic rings. The molecular weight excluding hydrogens is 260 g/mol. The summed E-state index contributed by atoms with van der Waals surface area (Å²) in [5.41, 5.74) is 1.07. The average Bonchev–Trinajstić information content (AvgIpc) is 2.46. The summed E-state index contributed by atoms with van der Waals surface area (Å²) < 4.78 is 0. The Morgan fingerprint density at radius 2 is 2.16 bits per heavy atom. The van der Waals surface area contributed by atoms with E-state index in [4.69, 9.17) is 11.6 Å². The van der Waals surface area contributed by atoms with Gasteiger partial charge in [0.15, 0.2) is 0 Å². The van der Waals surface area contributed by atoms with Crippen molar-refractivity contribution in [1.29, 1.82) is 0 Å². The van der Waals surface area contributed by atoms with Crippen molar-refractivity contribution in [3.05, 3.63) is 42.1 Å². The van der Waals surface area contributed by atoms with Crippen LogP contribution in [-0.2, 0) is 0 Å². The average molecular weight is 277 g/mol. The zero-order valence-electron chi connectivity index (χ0n) is 11.1. The van der Waals surface area contributed by atoms with Gasteiger partial charge < -0.3 is 5.32 Å². The van der Waals surface area contributed by atoms with Crippen LogP contribution in [-0.4, -0.2) is 22.3 Å². The predicted molar refractivity (Wildman–Crippen MR) is 78.6 cm³/mol. The van der Waals surface area contributed by atoms with Gasteiger partial charge >= 0.3 is 0 Å². The fraction of sp³-hybridized carbons (Fsp3) is 0.333. The van der Waals surface area contributed by atoms with E-state index in [1.165, 1.54) is 0 Å². The highest BCUT2D eigenvalue weighted by molar-refractivity contribution is 6.19. The molecule has 1 amide bonds. The molecule has 3 nitrogen and oxygen atoms in total. The molecule has 2 rings (SSSR count). The zero-order chi connectivity index (χ0) is 13.9. The Balaban J connectivity index is 2.37. The van der Waals surface area contributed by atoms with Crippen LogP contribution in [0.1, 0.15) is 30.6 Å². The second-order valence-electron chi connectivity index (χ2n) is 4.88. The summed E-state index contributed by atoms with van der Waals surface area (Å²) >= 11 is 5.93. The quantitative estimate of drug-likeness (QED) is 0.870. The van der Waals surface area contributed by atoms with Gasteiger partial charge in [-0.25, -0.2) is 0 Å². The van der Waals surface area contributed by atoms with E-state index in [9.17, 15) is 4.79 Å². The molecule has 1 heterocycles. The van der Waals surface area contributed by atoms with E-state index in [1.807, 2.05) is 44.2 Å². The Morgan fingerprint density at radius 3 is 2.84 bits per heavy atom. The molecule has 19 heavy (non-hydrogen) atoms. The lowest BCUT2D eigenvalue weighted by atomic mass is 10.00. The SMILES string of the molecule is CCC(C)(CCl)NC(=O)c1cccc2ncccc12. The van der Waals surface area contributed by atoms with Crippen LogP contribution in [0, 0.1) is 0 Å². The second-order valence-corrected chi connectivity index (χ2v) is 5.14. The molecule has 1 aromatic carbocycles. The molecule has 0 bridgehead atoms. The summed E-state index contributed by atoms with van der Waals surface area (Å²) in [7, 11) is 0. The number of hydrogen-bond acceptors (Lipinski definition) is 2. The van der Waals surface area contributed by atoms with Crippen LogP contribution in [0.15, 0.2) is 36.5 Å². The van der Waals surface area contributed by atoms with E-state index < -0.39 is 0 Å². The maximum absolute atomic E-state index is 12.4. The minimum Gasteiger partial charge on any atom is -0.346 e. The Morgan fingerprint density at radius 1 is 1.37 bits per heavy atom. The predicted octanol–water partition coefficient (Wildman–Crippen LogP) is 3.37. The molecule has 0 aliphatic carbocycles. The zero-order valence-corrected chi connectivity index (χ0v) is 11.9. The Labute approximate surface area is 118 Å². The van der Waals surface area contributed by atoms with Gasteiger partial charge in [0.2, 0.25) is 0 Å². The minimum absolute atomic E-state index is 0.108. The summed E-state index contributed by atoms with van der Waals surface area (Å²) in [6.45, 7) is 3.95. The van der Waals surface area contributed by atoms with Gasteiger partial charge in [-0.1, -0.05) is 19.1 Å². The highest BCUT2D eigenvalue weighted by atomic mass is 35.5. The Kier molecular flexibility index (Phi) is 4.05. The standard InChI is InChI=1S/C15H17ClN2O/c1-3-15(2,10-16)18-14(19)12-6-4-8-13-11(12)7-5-9-17-13/h4-9H,3,10H2,1-2H3,(H,18,19). The van der Waals surface area contributed by atoms with Crippen molar-refractivity contribution >= 4 is 28.4 Å². The number of benzene rings is 1. The summed E-state index contributed by atoms with van der Waals surface area (Å²) in [6, 6.07) is 9.28. The fourth-order valence-electron chi connectivity index (χ4n) is 1.86. The van der Waals surface area contributed by atoms with E-state index in [-0.39, 0.29) is 11.4 Å². The molecule has 100 valence electrons. The summed E-state index contributed by atoms with van der Waals surface area (Å²) in [4.78, 5) is 16.6. The lowest BCUT2D eigenvalue weighted by Gasteiger charge is -2.27. The van der Waals surface area contributed by atoms with Crippen molar-refractivity contribution in [3.8, 4) is 0 Å². The summed E-state index contributed by atoms with van der Waals surface area (Å²) in [6.07, 6.45) is 2.50. The van der Waals surface area contributed by atoms with Crippen molar-refractivity contribution in [2.24, 2.45) is 0 Å². The number of nitrogens with zero attached hydrogens (tertiary/aromatic N) is 1. The van der Waals surface area contributed by atoms with Crippen molar-refractivity contribution in [2.75, 3.05) is 5.88 Å². The van der Waals surface area contributed by atoms with Crippen LogP contribution < -0.4 is 5.32 Å². The van der Waals surface area contributed by atoms with Crippen molar-refractivity contribution < 1.29 is 4.79 Å². The number of halogens is 1. The number of aromatic nitrogens is 1. The van der Waals surface area contributed by atoms with Gasteiger partial charge in [-0.3, -0.25) is 9.78 Å². The van der Waals surface area contributed by atoms with Gasteiger partial charge in [0.05, 0.1) is 11.1 Å². The first-order chi connectivity index (χ1) is 9.09. The molecule has 1 atom stereocenters. The maximum atomic E-state index is 12.4. The van der Waals surface area contributed by atoms with E-state index >= 15 is 0 Å². The molecule has 0 saturated heterocycles. The van der Waals surface area contributed by atoms with Crippen molar-refractivity contribution in [1.82, 2.24) is 10.3 Å². The number of rotatable bonds is 4. The van der Waals surface area contributed by atoms with E-state index in [0.717, 1.165) is 17.3 Å². The van der Waals surface area contributed by atoms with Gasteiger partial charge in [-0.05, 0) is 31.5 Å². The number of alkyl halides is 1. The molecule has 1 N–H and O–H groups in total. The first-order valence-corrected chi connectivity index (χ1v) is 6.85. The molecule has 0 saturated carbocycles. The first-order valence-electron chi connectivity index (χ1n) is 6.32. The van der Waals surface area contributed by atoms with E-state index in [2.05, 4.69) is 10.3 Å². The number of pyridine rings is 1. The molecule has 1 aromatic heterocycles. The van der Waals surface area contributed by atoms with Gasteiger partial charge in [-0.2, -0.15) is 0 Å². The molecular formula is C15H17ClN2O. The van der Waals surface area contributed by atoms with Gasteiger partial charge in [0.25, 0.3) is 5.91 Å². The highest BCUT2D eigenvalue weighted by Gasteiger charge is 2.24. The minimum atomic E-state index is -0.386. The molecule has 0 fully saturated rings. The molecule has 0 aliphatic heterocycles. The smallest absolute Gasteiger partial charge is 0.252 e. The second kappa shape index (κ2) is 5.57.